The Labute approximate surface area is 99.3 Å². The number of benzene rings is 1. The molecule has 0 heterocycles. The van der Waals surface area contributed by atoms with Crippen molar-refractivity contribution >= 4 is 5.69 Å². The number of rotatable bonds is 2. The van der Waals surface area contributed by atoms with Crippen LogP contribution in [0.25, 0.3) is 0 Å². The molecule has 1 nitrogen and oxygen atoms in total. The highest BCUT2D eigenvalue weighted by Gasteiger charge is 2.24. The molecule has 0 aliphatic heterocycles. The Hall–Kier alpha value is -0.980. The molecular weight excluding hydrogens is 194 g/mol. The molecule has 0 atom stereocenters. The predicted molar refractivity (Wildman–Crippen MR) is 71.0 cm³/mol. The van der Waals surface area contributed by atoms with Crippen LogP contribution in [0, 0.1) is 5.92 Å². The maximum absolute atomic E-state index is 3.59. The van der Waals surface area contributed by atoms with Crippen LogP contribution in [0.5, 0.6) is 0 Å². The summed E-state index contributed by atoms with van der Waals surface area (Å²) in [5.74, 6) is 0.909. The van der Waals surface area contributed by atoms with E-state index in [4.69, 9.17) is 0 Å². The molecule has 0 unspecified atom stereocenters. The van der Waals surface area contributed by atoms with E-state index in [1.165, 1.54) is 24.1 Å². The Morgan fingerprint density at radius 1 is 1.06 bits per heavy atom. The Bertz CT molecular complexity index is 339. The van der Waals surface area contributed by atoms with Gasteiger partial charge in [-0.3, -0.25) is 0 Å². The van der Waals surface area contributed by atoms with E-state index in [0.29, 0.717) is 6.04 Å². The van der Waals surface area contributed by atoms with Crippen LogP contribution in [-0.2, 0) is 5.41 Å². The van der Waals surface area contributed by atoms with Gasteiger partial charge in [-0.05, 0) is 41.9 Å². The second-order valence-electron chi connectivity index (χ2n) is 6.25. The largest absolute Gasteiger partial charge is 0.382 e. The van der Waals surface area contributed by atoms with E-state index in [2.05, 4.69) is 57.3 Å². The molecule has 1 aromatic rings. The predicted octanol–water partition coefficient (Wildman–Crippen LogP) is 4.19. The van der Waals surface area contributed by atoms with Crippen molar-refractivity contribution in [2.24, 2.45) is 5.92 Å². The fraction of sp³-hybridized carbons (Fsp3) is 0.600. The van der Waals surface area contributed by atoms with Crippen molar-refractivity contribution in [2.75, 3.05) is 5.32 Å². The van der Waals surface area contributed by atoms with E-state index in [-0.39, 0.29) is 5.41 Å². The number of hydrogen-bond donors (Lipinski definition) is 1. The smallest absolute Gasteiger partial charge is 0.0342 e. The maximum atomic E-state index is 3.59. The standard InChI is InChI=1S/C15H23N/c1-11-9-14(10-11)16-13-7-5-12(6-8-13)15(2,3)4/h5-8,11,14,16H,9-10H2,1-4H3. The summed E-state index contributed by atoms with van der Waals surface area (Å²) in [5, 5.41) is 3.59. The van der Waals surface area contributed by atoms with Crippen molar-refractivity contribution in [3.8, 4) is 0 Å². The molecule has 0 radical (unpaired) electrons. The lowest BCUT2D eigenvalue weighted by Crippen LogP contribution is -2.33. The van der Waals surface area contributed by atoms with E-state index >= 15 is 0 Å². The van der Waals surface area contributed by atoms with Crippen LogP contribution >= 0.6 is 0 Å². The van der Waals surface area contributed by atoms with Gasteiger partial charge in [0.1, 0.15) is 0 Å². The summed E-state index contributed by atoms with van der Waals surface area (Å²) in [4.78, 5) is 0. The topological polar surface area (TPSA) is 12.0 Å². The average Bonchev–Trinajstić information content (AvgIpc) is 2.15. The molecule has 1 saturated carbocycles. The van der Waals surface area contributed by atoms with Crippen LogP contribution in [0.1, 0.15) is 46.1 Å². The Morgan fingerprint density at radius 3 is 2.06 bits per heavy atom. The SMILES string of the molecule is CC1CC(Nc2ccc(C(C)(C)C)cc2)C1. The van der Waals surface area contributed by atoms with Crippen molar-refractivity contribution < 1.29 is 0 Å². The Morgan fingerprint density at radius 2 is 1.62 bits per heavy atom. The summed E-state index contributed by atoms with van der Waals surface area (Å²) >= 11 is 0. The first-order chi connectivity index (χ1) is 7.45. The van der Waals surface area contributed by atoms with E-state index in [0.717, 1.165) is 5.92 Å². The molecule has 1 aromatic carbocycles. The summed E-state index contributed by atoms with van der Waals surface area (Å²) in [6, 6.07) is 9.61. The van der Waals surface area contributed by atoms with Crippen molar-refractivity contribution in [1.82, 2.24) is 0 Å². The minimum absolute atomic E-state index is 0.253. The van der Waals surface area contributed by atoms with E-state index in [1.807, 2.05) is 0 Å². The normalized spacial score (nSPS) is 25.0. The van der Waals surface area contributed by atoms with Crippen molar-refractivity contribution in [1.29, 1.82) is 0 Å². The van der Waals surface area contributed by atoms with Gasteiger partial charge in [0.15, 0.2) is 0 Å². The van der Waals surface area contributed by atoms with Crippen LogP contribution < -0.4 is 5.32 Å². The van der Waals surface area contributed by atoms with Crippen LogP contribution in [0.4, 0.5) is 5.69 Å². The average molecular weight is 217 g/mol. The van der Waals surface area contributed by atoms with Crippen LogP contribution in [0.2, 0.25) is 0 Å². The molecule has 0 bridgehead atoms. The highest BCUT2D eigenvalue weighted by atomic mass is 14.9. The molecule has 0 amide bonds. The second-order valence-corrected chi connectivity index (χ2v) is 6.25. The molecule has 1 heteroatoms. The lowest BCUT2D eigenvalue weighted by atomic mass is 9.81. The summed E-state index contributed by atoms with van der Waals surface area (Å²) in [6.07, 6.45) is 2.64. The van der Waals surface area contributed by atoms with E-state index in [1.54, 1.807) is 0 Å². The first-order valence-corrected chi connectivity index (χ1v) is 6.32. The molecule has 1 N–H and O–H groups in total. The van der Waals surface area contributed by atoms with Crippen LogP contribution in [-0.4, -0.2) is 6.04 Å². The van der Waals surface area contributed by atoms with Gasteiger partial charge in [-0.25, -0.2) is 0 Å². The van der Waals surface area contributed by atoms with E-state index < -0.39 is 0 Å². The molecular formula is C15H23N. The molecule has 2 rings (SSSR count). The fourth-order valence-corrected chi connectivity index (χ4v) is 2.32. The van der Waals surface area contributed by atoms with Gasteiger partial charge in [-0.1, -0.05) is 39.8 Å². The third kappa shape index (κ3) is 2.58. The molecule has 0 saturated heterocycles. The third-order valence-electron chi connectivity index (χ3n) is 3.50. The van der Waals surface area contributed by atoms with Gasteiger partial charge in [0.05, 0.1) is 0 Å². The van der Waals surface area contributed by atoms with Gasteiger partial charge in [0.2, 0.25) is 0 Å². The van der Waals surface area contributed by atoms with Gasteiger partial charge in [0, 0.05) is 11.7 Å². The number of hydrogen-bond acceptors (Lipinski definition) is 1. The lowest BCUT2D eigenvalue weighted by molar-refractivity contribution is 0.309. The van der Waals surface area contributed by atoms with E-state index in [9.17, 15) is 0 Å². The zero-order valence-electron chi connectivity index (χ0n) is 10.9. The van der Waals surface area contributed by atoms with Crippen LogP contribution in [0.3, 0.4) is 0 Å². The highest BCUT2D eigenvalue weighted by Crippen LogP contribution is 2.30. The zero-order valence-corrected chi connectivity index (χ0v) is 10.9. The number of anilines is 1. The molecule has 1 fully saturated rings. The molecule has 0 aromatic heterocycles. The molecule has 0 spiro atoms. The minimum atomic E-state index is 0.253. The molecule has 88 valence electrons. The molecule has 1 aliphatic rings. The molecule has 1 aliphatic carbocycles. The first-order valence-electron chi connectivity index (χ1n) is 6.32. The summed E-state index contributed by atoms with van der Waals surface area (Å²) in [5.41, 5.74) is 2.92. The lowest BCUT2D eigenvalue weighted by Gasteiger charge is -2.34. The maximum Gasteiger partial charge on any atom is 0.0342 e. The Balaban J connectivity index is 1.97. The van der Waals surface area contributed by atoms with Gasteiger partial charge in [-0.2, -0.15) is 0 Å². The quantitative estimate of drug-likeness (QED) is 0.783. The molecule has 16 heavy (non-hydrogen) atoms. The van der Waals surface area contributed by atoms with Gasteiger partial charge in [-0.15, -0.1) is 0 Å². The zero-order chi connectivity index (χ0) is 11.8. The fourth-order valence-electron chi connectivity index (χ4n) is 2.32. The summed E-state index contributed by atoms with van der Waals surface area (Å²) in [7, 11) is 0. The second kappa shape index (κ2) is 4.12. The minimum Gasteiger partial charge on any atom is -0.382 e. The van der Waals surface area contributed by atoms with Crippen molar-refractivity contribution in [3.63, 3.8) is 0 Å². The van der Waals surface area contributed by atoms with Gasteiger partial charge >= 0.3 is 0 Å². The van der Waals surface area contributed by atoms with Gasteiger partial charge in [0.25, 0.3) is 0 Å². The summed E-state index contributed by atoms with van der Waals surface area (Å²) < 4.78 is 0. The van der Waals surface area contributed by atoms with Crippen LogP contribution in [0.15, 0.2) is 24.3 Å². The van der Waals surface area contributed by atoms with Crippen molar-refractivity contribution in [3.05, 3.63) is 29.8 Å². The monoisotopic (exact) mass is 217 g/mol. The third-order valence-corrected chi connectivity index (χ3v) is 3.50. The van der Waals surface area contributed by atoms with Crippen molar-refractivity contribution in [2.45, 2.75) is 52.0 Å². The summed E-state index contributed by atoms with van der Waals surface area (Å²) in [6.45, 7) is 9.08. The highest BCUT2D eigenvalue weighted by molar-refractivity contribution is 5.46. The van der Waals surface area contributed by atoms with Gasteiger partial charge < -0.3 is 5.32 Å². The Kier molecular flexibility index (Phi) is 2.96. The first kappa shape index (κ1) is 11.5. The number of nitrogens with one attached hydrogen (secondary N) is 1.